The van der Waals surface area contributed by atoms with Crippen molar-refractivity contribution < 1.29 is 36.7 Å². The highest BCUT2D eigenvalue weighted by atomic mass is 35.5. The average Bonchev–Trinajstić information content (AvgIpc) is 2.83. The van der Waals surface area contributed by atoms with Gasteiger partial charge in [-0.2, -0.15) is 8.42 Å². The molecular weight excluding hydrogens is 547 g/mol. The number of nitrogens with one attached hydrogen (secondary N) is 3. The first-order valence-corrected chi connectivity index (χ1v) is 12.8. The predicted octanol–water partition coefficient (Wildman–Crippen LogP) is 2.29. The van der Waals surface area contributed by atoms with E-state index in [9.17, 15) is 22.8 Å². The van der Waals surface area contributed by atoms with Gasteiger partial charge in [-0.15, -0.1) is 0 Å². The summed E-state index contributed by atoms with van der Waals surface area (Å²) in [4.78, 5) is 37.2. The lowest BCUT2D eigenvalue weighted by Crippen LogP contribution is -2.27. The summed E-state index contributed by atoms with van der Waals surface area (Å²) in [6, 6.07) is 6.61. The van der Waals surface area contributed by atoms with Gasteiger partial charge in [0.05, 0.1) is 17.3 Å². The van der Waals surface area contributed by atoms with Gasteiger partial charge in [0.15, 0.2) is 11.6 Å². The Kier molecular flexibility index (Phi) is 8.93. The third kappa shape index (κ3) is 6.77. The third-order valence-corrected chi connectivity index (χ3v) is 6.59. The fourth-order valence-corrected chi connectivity index (χ4v) is 4.17. The van der Waals surface area contributed by atoms with Crippen molar-refractivity contribution in [3.8, 4) is 5.75 Å². The van der Waals surface area contributed by atoms with Gasteiger partial charge < -0.3 is 24.5 Å². The minimum Gasteiger partial charge on any atom is -0.480 e. The molecule has 3 rings (SSSR count). The highest BCUT2D eigenvalue weighted by Gasteiger charge is 2.21. The molecule has 3 aromatic rings. The molecule has 0 saturated heterocycles. The van der Waals surface area contributed by atoms with Crippen LogP contribution in [-0.2, 0) is 28.0 Å². The van der Waals surface area contributed by atoms with E-state index in [1.807, 2.05) is 9.44 Å². The SMILES string of the molecule is CNS(=O)(=O)Nc1cccc(Cc2c(CNCC(=O)O)c3cc(Cl)c(OC(=O)N(C)C)cc3oc2=O)c1F. The number of benzene rings is 2. The van der Waals surface area contributed by atoms with Crippen molar-refractivity contribution in [3.63, 3.8) is 0 Å². The van der Waals surface area contributed by atoms with Crippen molar-refractivity contribution >= 4 is 50.5 Å². The van der Waals surface area contributed by atoms with E-state index in [2.05, 4.69) is 5.32 Å². The molecule has 1 amide bonds. The number of rotatable bonds is 10. The van der Waals surface area contributed by atoms with E-state index in [1.54, 1.807) is 0 Å². The Morgan fingerprint density at radius 1 is 1.21 bits per heavy atom. The number of anilines is 1. The molecular formula is C23H24ClFN4O8S. The first-order chi connectivity index (χ1) is 17.8. The van der Waals surface area contributed by atoms with Crippen LogP contribution in [0.25, 0.3) is 11.0 Å². The first kappa shape index (κ1) is 28.8. The molecule has 0 aliphatic carbocycles. The van der Waals surface area contributed by atoms with Gasteiger partial charge in [0, 0.05) is 51.1 Å². The van der Waals surface area contributed by atoms with E-state index in [1.165, 1.54) is 49.3 Å². The summed E-state index contributed by atoms with van der Waals surface area (Å²) in [7, 11) is 0.0712. The lowest BCUT2D eigenvalue weighted by Gasteiger charge is -2.16. The molecule has 0 radical (unpaired) electrons. The Bertz CT molecular complexity index is 1560. The number of fused-ring (bicyclic) bond motifs is 1. The summed E-state index contributed by atoms with van der Waals surface area (Å²) in [5.41, 5.74) is -0.995. The number of nitrogens with zero attached hydrogens (tertiary/aromatic N) is 1. The number of carboxylic acids is 1. The van der Waals surface area contributed by atoms with Crippen LogP contribution in [0.1, 0.15) is 16.7 Å². The molecule has 38 heavy (non-hydrogen) atoms. The molecule has 0 saturated carbocycles. The molecule has 0 aliphatic rings. The highest BCUT2D eigenvalue weighted by Crippen LogP contribution is 2.33. The Balaban J connectivity index is 2.14. The van der Waals surface area contributed by atoms with E-state index in [0.717, 1.165) is 7.05 Å². The normalized spacial score (nSPS) is 11.4. The number of amides is 1. The van der Waals surface area contributed by atoms with Crippen molar-refractivity contribution in [2.24, 2.45) is 0 Å². The topological polar surface area (TPSA) is 167 Å². The van der Waals surface area contributed by atoms with Crippen LogP contribution >= 0.6 is 11.6 Å². The zero-order valence-corrected chi connectivity index (χ0v) is 22.0. The molecule has 0 atom stereocenters. The lowest BCUT2D eigenvalue weighted by atomic mass is 9.97. The van der Waals surface area contributed by atoms with Gasteiger partial charge in [0.2, 0.25) is 0 Å². The number of ether oxygens (including phenoxy) is 1. The van der Waals surface area contributed by atoms with Crippen LogP contribution in [-0.4, -0.2) is 58.2 Å². The van der Waals surface area contributed by atoms with E-state index >= 15 is 4.39 Å². The summed E-state index contributed by atoms with van der Waals surface area (Å²) >= 11 is 6.32. The van der Waals surface area contributed by atoms with Gasteiger partial charge in [-0.25, -0.2) is 18.7 Å². The smallest absolute Gasteiger partial charge is 0.414 e. The Morgan fingerprint density at radius 3 is 2.55 bits per heavy atom. The molecule has 204 valence electrons. The molecule has 0 spiro atoms. The van der Waals surface area contributed by atoms with Crippen molar-refractivity contribution in [1.29, 1.82) is 0 Å². The maximum absolute atomic E-state index is 15.2. The molecule has 2 aromatic carbocycles. The fourth-order valence-electron chi connectivity index (χ4n) is 3.42. The largest absolute Gasteiger partial charge is 0.480 e. The van der Waals surface area contributed by atoms with Gasteiger partial charge in [0.1, 0.15) is 5.58 Å². The highest BCUT2D eigenvalue weighted by molar-refractivity contribution is 7.90. The maximum Gasteiger partial charge on any atom is 0.414 e. The van der Waals surface area contributed by atoms with E-state index in [0.29, 0.717) is 5.39 Å². The van der Waals surface area contributed by atoms with Crippen molar-refractivity contribution in [2.75, 3.05) is 32.4 Å². The van der Waals surface area contributed by atoms with Crippen LogP contribution in [0.2, 0.25) is 5.02 Å². The van der Waals surface area contributed by atoms with Crippen LogP contribution in [0.3, 0.4) is 0 Å². The van der Waals surface area contributed by atoms with Crippen LogP contribution in [0.15, 0.2) is 39.5 Å². The van der Waals surface area contributed by atoms with Crippen LogP contribution < -0.4 is 25.1 Å². The van der Waals surface area contributed by atoms with Crippen LogP contribution in [0.5, 0.6) is 5.75 Å². The van der Waals surface area contributed by atoms with Crippen molar-refractivity contribution in [3.05, 3.63) is 68.3 Å². The van der Waals surface area contributed by atoms with Gasteiger partial charge in [-0.3, -0.25) is 9.52 Å². The Labute approximate surface area is 221 Å². The summed E-state index contributed by atoms with van der Waals surface area (Å²) in [6.45, 7) is -0.576. The third-order valence-electron chi connectivity index (χ3n) is 5.27. The van der Waals surface area contributed by atoms with Gasteiger partial charge in [-0.1, -0.05) is 23.7 Å². The second-order valence-electron chi connectivity index (χ2n) is 8.15. The molecule has 4 N–H and O–H groups in total. The predicted molar refractivity (Wildman–Crippen MR) is 137 cm³/mol. The lowest BCUT2D eigenvalue weighted by molar-refractivity contribution is -0.136. The van der Waals surface area contributed by atoms with Crippen molar-refractivity contribution in [2.45, 2.75) is 13.0 Å². The molecule has 0 bridgehead atoms. The van der Waals surface area contributed by atoms with Gasteiger partial charge in [0.25, 0.3) is 10.2 Å². The Hall–Kier alpha value is -3.72. The number of hydrogen-bond donors (Lipinski definition) is 4. The molecule has 15 heteroatoms. The minimum atomic E-state index is -4.01. The van der Waals surface area contributed by atoms with E-state index in [-0.39, 0.29) is 51.7 Å². The summed E-state index contributed by atoms with van der Waals surface area (Å²) in [5, 5.41) is 12.0. The second-order valence-corrected chi connectivity index (χ2v) is 10.2. The zero-order valence-electron chi connectivity index (χ0n) is 20.4. The molecule has 0 unspecified atom stereocenters. The number of carboxylic acid groups (broad SMARTS) is 1. The average molecular weight is 571 g/mol. The van der Waals surface area contributed by atoms with Crippen LogP contribution in [0, 0.1) is 5.82 Å². The molecule has 1 heterocycles. The number of aliphatic carboxylic acids is 1. The van der Waals surface area contributed by atoms with E-state index in [4.69, 9.17) is 25.9 Å². The zero-order chi connectivity index (χ0) is 28.2. The van der Waals surface area contributed by atoms with Gasteiger partial charge in [-0.05, 0) is 23.3 Å². The number of carbonyl (C=O) groups excluding carboxylic acids is 1. The summed E-state index contributed by atoms with van der Waals surface area (Å²) in [6.07, 6.45) is -1.05. The van der Waals surface area contributed by atoms with Crippen molar-refractivity contribution in [1.82, 2.24) is 14.9 Å². The minimum absolute atomic E-state index is 0.00151. The number of hydrogen-bond acceptors (Lipinski definition) is 8. The maximum atomic E-state index is 15.2. The summed E-state index contributed by atoms with van der Waals surface area (Å²) < 4.78 is 53.6. The number of carbonyl (C=O) groups is 2. The first-order valence-electron chi connectivity index (χ1n) is 10.9. The van der Waals surface area contributed by atoms with Crippen LogP contribution in [0.4, 0.5) is 14.9 Å². The Morgan fingerprint density at radius 2 is 1.92 bits per heavy atom. The van der Waals surface area contributed by atoms with E-state index < -0.39 is 40.3 Å². The molecule has 12 nitrogen and oxygen atoms in total. The molecule has 0 aliphatic heterocycles. The monoisotopic (exact) mass is 570 g/mol. The summed E-state index contributed by atoms with van der Waals surface area (Å²) in [5.74, 6) is -2.14. The molecule has 1 aromatic heterocycles. The quantitative estimate of drug-likeness (QED) is 0.267. The van der Waals surface area contributed by atoms with Gasteiger partial charge >= 0.3 is 17.7 Å². The number of halogens is 2. The second kappa shape index (κ2) is 11.8. The standard InChI is InChI=1S/C23H24ClFN4O8S/c1-26-38(34,35)28-17-6-4-5-12(21(17)25)7-14-15(10-27-11-20(30)31)13-8-16(24)19(37-23(33)29(2)3)9-18(13)36-22(14)32/h4-6,8-9,26-28H,7,10-11H2,1-3H3,(H,30,31). The molecule has 0 fully saturated rings. The fraction of sp³-hybridized carbons (Fsp3) is 0.261.